The number of benzene rings is 2. The first kappa shape index (κ1) is 18.8. The van der Waals surface area contributed by atoms with Crippen LogP contribution in [0, 0.1) is 0 Å². The number of hydrogen-bond acceptors (Lipinski definition) is 5. The third kappa shape index (κ3) is 4.66. The van der Waals surface area contributed by atoms with Gasteiger partial charge in [0.1, 0.15) is 25.6 Å². The molecular weight excluding hydrogens is 368 g/mol. The molecule has 3 aromatic rings. The van der Waals surface area contributed by atoms with Gasteiger partial charge in [0.25, 0.3) is 5.91 Å². The zero-order valence-corrected chi connectivity index (χ0v) is 16.2. The molecule has 0 unspecified atom stereocenters. The second kappa shape index (κ2) is 8.65. The molecule has 6 nitrogen and oxygen atoms in total. The van der Waals surface area contributed by atoms with Gasteiger partial charge in [0, 0.05) is 37.1 Å². The molecule has 148 valence electrons. The average Bonchev–Trinajstić information content (AvgIpc) is 2.78. The van der Waals surface area contributed by atoms with Crippen LogP contribution in [-0.2, 0) is 13.2 Å². The Kier molecular flexibility index (Phi) is 5.61. The number of pyridine rings is 1. The van der Waals surface area contributed by atoms with Crippen LogP contribution in [-0.4, -0.2) is 36.1 Å². The first-order chi connectivity index (χ1) is 14.2. The molecule has 0 fully saturated rings. The van der Waals surface area contributed by atoms with E-state index in [9.17, 15) is 4.79 Å². The van der Waals surface area contributed by atoms with Crippen molar-refractivity contribution >= 4 is 5.91 Å². The third-order valence-corrected chi connectivity index (χ3v) is 4.60. The van der Waals surface area contributed by atoms with Gasteiger partial charge in [-0.1, -0.05) is 12.1 Å². The van der Waals surface area contributed by atoms with Gasteiger partial charge < -0.3 is 19.1 Å². The molecule has 0 saturated heterocycles. The zero-order valence-electron chi connectivity index (χ0n) is 16.2. The minimum Gasteiger partial charge on any atom is -0.489 e. The second-order valence-corrected chi connectivity index (χ2v) is 6.81. The van der Waals surface area contributed by atoms with Gasteiger partial charge in [-0.25, -0.2) is 0 Å². The number of aromatic nitrogens is 1. The molecule has 0 atom stereocenters. The lowest BCUT2D eigenvalue weighted by atomic mass is 10.1. The molecule has 1 aliphatic rings. The lowest BCUT2D eigenvalue weighted by Gasteiger charge is -2.21. The van der Waals surface area contributed by atoms with E-state index in [0.29, 0.717) is 37.7 Å². The van der Waals surface area contributed by atoms with E-state index >= 15 is 0 Å². The fourth-order valence-electron chi connectivity index (χ4n) is 3.10. The average molecular weight is 390 g/mol. The number of rotatable bonds is 6. The minimum absolute atomic E-state index is 0.0568. The highest BCUT2D eigenvalue weighted by atomic mass is 16.6. The van der Waals surface area contributed by atoms with Gasteiger partial charge in [-0.05, 0) is 48.0 Å². The molecule has 1 aliphatic heterocycles. The summed E-state index contributed by atoms with van der Waals surface area (Å²) >= 11 is 0. The highest BCUT2D eigenvalue weighted by Crippen LogP contribution is 2.31. The van der Waals surface area contributed by atoms with E-state index in [2.05, 4.69) is 4.98 Å². The van der Waals surface area contributed by atoms with Crippen molar-refractivity contribution in [3.05, 3.63) is 83.7 Å². The van der Waals surface area contributed by atoms with Gasteiger partial charge in [-0.15, -0.1) is 0 Å². The summed E-state index contributed by atoms with van der Waals surface area (Å²) in [4.78, 5) is 18.5. The molecule has 4 rings (SSSR count). The lowest BCUT2D eigenvalue weighted by Crippen LogP contribution is -2.26. The molecule has 0 spiro atoms. The SMILES string of the molecule is CN(Cc1ccc2c(c1)OCCO2)C(=O)c1ccc(OCc2cccnc2)cc1. The normalized spacial score (nSPS) is 12.3. The van der Waals surface area contributed by atoms with E-state index in [0.717, 1.165) is 22.6 Å². The highest BCUT2D eigenvalue weighted by molar-refractivity contribution is 5.94. The van der Waals surface area contributed by atoms with E-state index in [1.807, 2.05) is 42.5 Å². The van der Waals surface area contributed by atoms with E-state index in [1.165, 1.54) is 0 Å². The van der Waals surface area contributed by atoms with Crippen molar-refractivity contribution in [3.63, 3.8) is 0 Å². The smallest absolute Gasteiger partial charge is 0.253 e. The Hall–Kier alpha value is -3.54. The maximum absolute atomic E-state index is 12.7. The Morgan fingerprint density at radius 2 is 1.83 bits per heavy atom. The zero-order chi connectivity index (χ0) is 20.1. The Balaban J connectivity index is 1.36. The van der Waals surface area contributed by atoms with Crippen molar-refractivity contribution in [2.45, 2.75) is 13.2 Å². The Morgan fingerprint density at radius 3 is 2.59 bits per heavy atom. The van der Waals surface area contributed by atoms with Crippen LogP contribution in [0.2, 0.25) is 0 Å². The summed E-state index contributed by atoms with van der Waals surface area (Å²) in [6.45, 7) is 2.02. The molecule has 6 heteroatoms. The van der Waals surface area contributed by atoms with Crippen LogP contribution in [0.4, 0.5) is 0 Å². The maximum Gasteiger partial charge on any atom is 0.253 e. The van der Waals surface area contributed by atoms with Crippen molar-refractivity contribution in [3.8, 4) is 17.2 Å². The number of hydrogen-bond donors (Lipinski definition) is 0. The van der Waals surface area contributed by atoms with E-state index in [4.69, 9.17) is 14.2 Å². The summed E-state index contributed by atoms with van der Waals surface area (Å²) in [6.07, 6.45) is 3.50. The van der Waals surface area contributed by atoms with Crippen LogP contribution in [0.15, 0.2) is 67.0 Å². The number of amides is 1. The van der Waals surface area contributed by atoms with Gasteiger partial charge in [0.2, 0.25) is 0 Å². The number of carbonyl (C=O) groups is 1. The third-order valence-electron chi connectivity index (χ3n) is 4.60. The molecule has 0 radical (unpaired) electrons. The number of carbonyl (C=O) groups excluding carboxylic acids is 1. The summed E-state index contributed by atoms with van der Waals surface area (Å²) in [5.74, 6) is 2.12. The fourth-order valence-corrected chi connectivity index (χ4v) is 3.10. The van der Waals surface area contributed by atoms with Crippen LogP contribution in [0.1, 0.15) is 21.5 Å². The topological polar surface area (TPSA) is 60.9 Å². The predicted octanol–water partition coefficient (Wildman–Crippen LogP) is 3.70. The summed E-state index contributed by atoms with van der Waals surface area (Å²) in [5.41, 5.74) is 2.59. The number of nitrogens with zero attached hydrogens (tertiary/aromatic N) is 2. The number of fused-ring (bicyclic) bond motifs is 1. The Morgan fingerprint density at radius 1 is 1.03 bits per heavy atom. The molecule has 0 saturated carbocycles. The molecular formula is C23H22N2O4. The van der Waals surface area contributed by atoms with E-state index in [-0.39, 0.29) is 5.91 Å². The predicted molar refractivity (Wildman–Crippen MR) is 108 cm³/mol. The lowest BCUT2D eigenvalue weighted by molar-refractivity contribution is 0.0784. The molecule has 0 aliphatic carbocycles. The first-order valence-electron chi connectivity index (χ1n) is 9.45. The van der Waals surface area contributed by atoms with E-state index < -0.39 is 0 Å². The van der Waals surface area contributed by atoms with Crippen LogP contribution < -0.4 is 14.2 Å². The summed E-state index contributed by atoms with van der Waals surface area (Å²) in [6, 6.07) is 16.8. The molecule has 0 bridgehead atoms. The standard InChI is InChI=1S/C23H22N2O4/c1-25(15-17-4-9-21-22(13-17)28-12-11-27-21)23(26)19-5-7-20(8-6-19)29-16-18-3-2-10-24-14-18/h2-10,13-14H,11-12,15-16H2,1H3. The van der Waals surface area contributed by atoms with E-state index in [1.54, 1.807) is 36.5 Å². The van der Waals surface area contributed by atoms with Crippen LogP contribution in [0.25, 0.3) is 0 Å². The largest absolute Gasteiger partial charge is 0.489 e. The molecule has 2 heterocycles. The van der Waals surface area contributed by atoms with Gasteiger partial charge >= 0.3 is 0 Å². The molecule has 1 amide bonds. The summed E-state index contributed by atoms with van der Waals surface area (Å²) in [7, 11) is 1.78. The van der Waals surface area contributed by atoms with Crippen molar-refractivity contribution < 1.29 is 19.0 Å². The molecule has 29 heavy (non-hydrogen) atoms. The quantitative estimate of drug-likeness (QED) is 0.642. The molecule has 0 N–H and O–H groups in total. The van der Waals surface area contributed by atoms with Crippen LogP contribution in [0.5, 0.6) is 17.2 Å². The molecule has 1 aromatic heterocycles. The first-order valence-corrected chi connectivity index (χ1v) is 9.45. The minimum atomic E-state index is -0.0568. The summed E-state index contributed by atoms with van der Waals surface area (Å²) in [5, 5.41) is 0. The van der Waals surface area contributed by atoms with Crippen molar-refractivity contribution in [1.82, 2.24) is 9.88 Å². The van der Waals surface area contributed by atoms with Gasteiger partial charge in [-0.2, -0.15) is 0 Å². The Labute approximate surface area is 169 Å². The molecule has 2 aromatic carbocycles. The van der Waals surface area contributed by atoms with Crippen molar-refractivity contribution in [1.29, 1.82) is 0 Å². The monoisotopic (exact) mass is 390 g/mol. The fraction of sp³-hybridized carbons (Fsp3) is 0.217. The van der Waals surface area contributed by atoms with Gasteiger partial charge in [0.15, 0.2) is 11.5 Å². The Bertz CT molecular complexity index is 974. The highest BCUT2D eigenvalue weighted by Gasteiger charge is 2.15. The van der Waals surface area contributed by atoms with Crippen LogP contribution in [0.3, 0.4) is 0 Å². The summed E-state index contributed by atoms with van der Waals surface area (Å²) < 4.78 is 16.9. The van der Waals surface area contributed by atoms with Gasteiger partial charge in [0.05, 0.1) is 0 Å². The van der Waals surface area contributed by atoms with Crippen molar-refractivity contribution in [2.75, 3.05) is 20.3 Å². The maximum atomic E-state index is 12.7. The van der Waals surface area contributed by atoms with Gasteiger partial charge in [-0.3, -0.25) is 9.78 Å². The van der Waals surface area contributed by atoms with Crippen LogP contribution >= 0.6 is 0 Å². The second-order valence-electron chi connectivity index (χ2n) is 6.81. The number of ether oxygens (including phenoxy) is 3. The van der Waals surface area contributed by atoms with Crippen molar-refractivity contribution in [2.24, 2.45) is 0 Å².